The zero-order valence-corrected chi connectivity index (χ0v) is 11.6. The second-order valence-electron chi connectivity index (χ2n) is 5.59. The van der Waals surface area contributed by atoms with E-state index in [0.717, 1.165) is 5.56 Å². The molecule has 2 aromatic rings. The Morgan fingerprint density at radius 3 is 2.63 bits per heavy atom. The molecule has 1 aromatic carbocycles. The number of aromatic nitrogens is 2. The van der Waals surface area contributed by atoms with Gasteiger partial charge in [-0.2, -0.15) is 0 Å². The number of halogens is 1. The highest BCUT2D eigenvalue weighted by atomic mass is 19.1. The summed E-state index contributed by atoms with van der Waals surface area (Å²) in [5.41, 5.74) is 1.15. The van der Waals surface area contributed by atoms with Gasteiger partial charge in [-0.3, -0.25) is 0 Å². The second kappa shape index (κ2) is 5.09. The molecule has 0 saturated heterocycles. The van der Waals surface area contributed by atoms with Gasteiger partial charge in [-0.05, 0) is 45.4 Å². The van der Waals surface area contributed by atoms with Gasteiger partial charge in [0.05, 0.1) is 12.1 Å². The average Bonchev–Trinajstić information content (AvgIpc) is 2.74. The van der Waals surface area contributed by atoms with Crippen molar-refractivity contribution in [1.29, 1.82) is 0 Å². The first kappa shape index (κ1) is 13.7. The predicted molar refractivity (Wildman–Crippen MR) is 71.0 cm³/mol. The average molecular weight is 263 g/mol. The van der Waals surface area contributed by atoms with Crippen LogP contribution in [0.4, 0.5) is 4.39 Å². The van der Waals surface area contributed by atoms with Crippen LogP contribution in [0.2, 0.25) is 0 Å². The zero-order chi connectivity index (χ0) is 14.0. The molecule has 1 aromatic heterocycles. The fourth-order valence-electron chi connectivity index (χ4n) is 1.57. The SMILES string of the molecule is Cc1ccc(-c2nnc(CNC(C)(C)C)o2)c(F)c1. The molecule has 5 heteroatoms. The molecular weight excluding hydrogens is 245 g/mol. The Morgan fingerprint density at radius 2 is 2.00 bits per heavy atom. The van der Waals surface area contributed by atoms with Gasteiger partial charge in [0.25, 0.3) is 5.89 Å². The first-order chi connectivity index (χ1) is 8.85. The largest absolute Gasteiger partial charge is 0.419 e. The third-order valence-electron chi connectivity index (χ3n) is 2.59. The van der Waals surface area contributed by atoms with Gasteiger partial charge in [0, 0.05) is 5.54 Å². The van der Waals surface area contributed by atoms with E-state index in [4.69, 9.17) is 4.42 Å². The third-order valence-corrected chi connectivity index (χ3v) is 2.59. The zero-order valence-electron chi connectivity index (χ0n) is 11.6. The Hall–Kier alpha value is -1.75. The number of nitrogens with zero attached hydrogens (tertiary/aromatic N) is 2. The van der Waals surface area contributed by atoms with E-state index >= 15 is 0 Å². The molecule has 0 bridgehead atoms. The van der Waals surface area contributed by atoms with E-state index in [2.05, 4.69) is 15.5 Å². The van der Waals surface area contributed by atoms with Crippen molar-refractivity contribution in [3.05, 3.63) is 35.5 Å². The van der Waals surface area contributed by atoms with E-state index in [1.807, 2.05) is 33.8 Å². The molecule has 0 spiro atoms. The first-order valence-corrected chi connectivity index (χ1v) is 6.19. The van der Waals surface area contributed by atoms with Crippen LogP contribution in [0.25, 0.3) is 11.5 Å². The molecule has 1 heterocycles. The summed E-state index contributed by atoms with van der Waals surface area (Å²) in [6.45, 7) is 8.43. The van der Waals surface area contributed by atoms with Crippen molar-refractivity contribution in [2.75, 3.05) is 0 Å². The normalized spacial score (nSPS) is 11.8. The fraction of sp³-hybridized carbons (Fsp3) is 0.429. The fourth-order valence-corrected chi connectivity index (χ4v) is 1.57. The van der Waals surface area contributed by atoms with Crippen molar-refractivity contribution < 1.29 is 8.81 Å². The van der Waals surface area contributed by atoms with Crippen LogP contribution in [0.1, 0.15) is 32.2 Å². The van der Waals surface area contributed by atoms with Crippen LogP contribution in [0.5, 0.6) is 0 Å². The molecule has 0 radical (unpaired) electrons. The lowest BCUT2D eigenvalue weighted by Crippen LogP contribution is -2.35. The van der Waals surface area contributed by atoms with Gasteiger partial charge in [0.1, 0.15) is 5.82 Å². The Bertz CT molecular complexity index is 572. The lowest BCUT2D eigenvalue weighted by Gasteiger charge is -2.18. The summed E-state index contributed by atoms with van der Waals surface area (Å²) in [7, 11) is 0. The molecular formula is C14H18FN3O. The molecule has 0 saturated carbocycles. The maximum atomic E-state index is 13.8. The molecule has 0 fully saturated rings. The van der Waals surface area contributed by atoms with Crippen molar-refractivity contribution in [2.45, 2.75) is 39.8 Å². The number of nitrogens with one attached hydrogen (secondary N) is 1. The number of hydrogen-bond donors (Lipinski definition) is 1. The minimum atomic E-state index is -0.348. The Labute approximate surface area is 112 Å². The maximum Gasteiger partial charge on any atom is 0.250 e. The van der Waals surface area contributed by atoms with E-state index in [0.29, 0.717) is 18.0 Å². The summed E-state index contributed by atoms with van der Waals surface area (Å²) in [6.07, 6.45) is 0. The van der Waals surface area contributed by atoms with E-state index in [1.165, 1.54) is 6.07 Å². The van der Waals surface area contributed by atoms with Gasteiger partial charge < -0.3 is 9.73 Å². The van der Waals surface area contributed by atoms with E-state index in [-0.39, 0.29) is 17.2 Å². The summed E-state index contributed by atoms with van der Waals surface area (Å²) in [5.74, 6) is 0.312. The third kappa shape index (κ3) is 3.61. The van der Waals surface area contributed by atoms with Gasteiger partial charge in [0.2, 0.25) is 5.89 Å². The minimum absolute atomic E-state index is 0.0380. The van der Waals surface area contributed by atoms with Crippen LogP contribution >= 0.6 is 0 Å². The number of hydrogen-bond acceptors (Lipinski definition) is 4. The molecule has 0 atom stereocenters. The molecule has 0 amide bonds. The highest BCUT2D eigenvalue weighted by Crippen LogP contribution is 2.22. The van der Waals surface area contributed by atoms with Gasteiger partial charge in [0.15, 0.2) is 0 Å². The number of rotatable bonds is 3. The van der Waals surface area contributed by atoms with Crippen molar-refractivity contribution in [1.82, 2.24) is 15.5 Å². The van der Waals surface area contributed by atoms with Crippen LogP contribution in [-0.4, -0.2) is 15.7 Å². The van der Waals surface area contributed by atoms with Crippen molar-refractivity contribution >= 4 is 0 Å². The van der Waals surface area contributed by atoms with Gasteiger partial charge in [-0.15, -0.1) is 10.2 Å². The molecule has 2 rings (SSSR count). The summed E-state index contributed by atoms with van der Waals surface area (Å²) < 4.78 is 19.2. The van der Waals surface area contributed by atoms with Crippen molar-refractivity contribution in [2.24, 2.45) is 0 Å². The van der Waals surface area contributed by atoms with Crippen LogP contribution in [0.3, 0.4) is 0 Å². The van der Waals surface area contributed by atoms with Crippen LogP contribution in [0, 0.1) is 12.7 Å². The standard InChI is InChI=1S/C14H18FN3O/c1-9-5-6-10(11(15)7-9)13-18-17-12(19-13)8-16-14(2,3)4/h5-7,16H,8H2,1-4H3. The highest BCUT2D eigenvalue weighted by molar-refractivity contribution is 5.54. The quantitative estimate of drug-likeness (QED) is 0.924. The van der Waals surface area contributed by atoms with Gasteiger partial charge >= 0.3 is 0 Å². The molecule has 0 aliphatic heterocycles. The maximum absolute atomic E-state index is 13.8. The minimum Gasteiger partial charge on any atom is -0.419 e. The second-order valence-corrected chi connectivity index (χ2v) is 5.59. The van der Waals surface area contributed by atoms with Gasteiger partial charge in [-0.1, -0.05) is 6.07 Å². The van der Waals surface area contributed by atoms with Crippen molar-refractivity contribution in [3.63, 3.8) is 0 Å². The summed E-state index contributed by atoms with van der Waals surface area (Å²) in [5, 5.41) is 11.0. The molecule has 4 nitrogen and oxygen atoms in total. The first-order valence-electron chi connectivity index (χ1n) is 6.19. The van der Waals surface area contributed by atoms with Crippen molar-refractivity contribution in [3.8, 4) is 11.5 Å². The Balaban J connectivity index is 2.16. The summed E-state index contributed by atoms with van der Waals surface area (Å²) in [4.78, 5) is 0. The number of aryl methyl sites for hydroxylation is 1. The van der Waals surface area contributed by atoms with Gasteiger partial charge in [-0.25, -0.2) is 4.39 Å². The lowest BCUT2D eigenvalue weighted by molar-refractivity contribution is 0.383. The molecule has 0 aliphatic rings. The Morgan fingerprint density at radius 1 is 1.26 bits per heavy atom. The number of benzene rings is 1. The summed E-state index contributed by atoms with van der Waals surface area (Å²) >= 11 is 0. The molecule has 19 heavy (non-hydrogen) atoms. The van der Waals surface area contributed by atoms with Crippen LogP contribution in [-0.2, 0) is 6.54 Å². The van der Waals surface area contributed by atoms with E-state index in [1.54, 1.807) is 6.07 Å². The molecule has 102 valence electrons. The molecule has 0 aliphatic carbocycles. The molecule has 0 unspecified atom stereocenters. The van der Waals surface area contributed by atoms with E-state index in [9.17, 15) is 4.39 Å². The summed E-state index contributed by atoms with van der Waals surface area (Å²) in [6, 6.07) is 4.92. The highest BCUT2D eigenvalue weighted by Gasteiger charge is 2.15. The predicted octanol–water partition coefficient (Wildman–Crippen LogP) is 3.07. The van der Waals surface area contributed by atoms with E-state index < -0.39 is 0 Å². The van der Waals surface area contributed by atoms with Crippen LogP contribution < -0.4 is 5.32 Å². The Kier molecular flexibility index (Phi) is 3.66. The molecule has 1 N–H and O–H groups in total. The smallest absolute Gasteiger partial charge is 0.250 e. The topological polar surface area (TPSA) is 51.0 Å². The monoisotopic (exact) mass is 263 g/mol. The van der Waals surface area contributed by atoms with Crippen LogP contribution in [0.15, 0.2) is 22.6 Å². The lowest BCUT2D eigenvalue weighted by atomic mass is 10.1.